The van der Waals surface area contributed by atoms with Gasteiger partial charge in [-0.3, -0.25) is 4.79 Å². The zero-order valence-electron chi connectivity index (χ0n) is 16.9. The van der Waals surface area contributed by atoms with Gasteiger partial charge in [0.05, 0.1) is 0 Å². The highest BCUT2D eigenvalue weighted by Crippen LogP contribution is 2.32. The Labute approximate surface area is 146 Å². The molecule has 0 rings (SSSR count). The predicted molar refractivity (Wildman–Crippen MR) is 104 cm³/mol. The minimum absolute atomic E-state index is 0.0785. The molecule has 0 fully saturated rings. The molecule has 0 spiro atoms. The molecule has 0 atom stereocenters. The van der Waals surface area contributed by atoms with Crippen LogP contribution in [0.4, 0.5) is 0 Å². The van der Waals surface area contributed by atoms with Gasteiger partial charge in [-0.25, -0.2) is 0 Å². The van der Waals surface area contributed by atoms with Gasteiger partial charge in [-0.1, -0.05) is 74.1 Å². The fraction of sp³-hybridized carbons (Fsp3) is 0.950. The van der Waals surface area contributed by atoms with E-state index < -0.39 is 8.32 Å². The fourth-order valence-corrected chi connectivity index (χ4v) is 7.75. The van der Waals surface area contributed by atoms with Crippen LogP contribution >= 0.6 is 0 Å². The molecule has 0 heterocycles. The van der Waals surface area contributed by atoms with E-state index in [1.165, 1.54) is 19.3 Å². The number of hydrogen-bond acceptors (Lipinski definition) is 2. The molecule has 138 valence electrons. The van der Waals surface area contributed by atoms with Crippen LogP contribution in [0.1, 0.15) is 87.0 Å². The minimum atomic E-state index is -1.95. The molecule has 0 bridgehead atoms. The highest BCUT2D eigenvalue weighted by atomic mass is 28.4. The third-order valence-electron chi connectivity index (χ3n) is 4.60. The maximum Gasteiger partial charge on any atom is 0.292 e. The van der Waals surface area contributed by atoms with Crippen molar-refractivity contribution in [2.75, 3.05) is 0 Å². The van der Waals surface area contributed by atoms with E-state index in [0.29, 0.717) is 24.2 Å². The molecule has 0 aromatic heterocycles. The SMILES string of the molecule is CCCCC(=O)O[Si](CCC(C)C)(CCC(C)C)CCC(C)C. The first-order valence-electron chi connectivity index (χ1n) is 9.92. The van der Waals surface area contributed by atoms with Gasteiger partial charge in [-0.15, -0.1) is 0 Å². The van der Waals surface area contributed by atoms with Crippen molar-refractivity contribution in [1.29, 1.82) is 0 Å². The normalized spacial score (nSPS) is 12.4. The second-order valence-corrected chi connectivity index (χ2v) is 12.6. The molecule has 2 nitrogen and oxygen atoms in total. The maximum atomic E-state index is 12.4. The Morgan fingerprint density at radius 2 is 1.22 bits per heavy atom. The Hall–Kier alpha value is -0.313. The van der Waals surface area contributed by atoms with Gasteiger partial charge in [0.15, 0.2) is 0 Å². The van der Waals surface area contributed by atoms with E-state index in [1.807, 2.05) is 0 Å². The quantitative estimate of drug-likeness (QED) is 0.344. The average molecular weight is 343 g/mol. The van der Waals surface area contributed by atoms with Gasteiger partial charge in [0, 0.05) is 6.42 Å². The number of carbonyl (C=O) groups excluding carboxylic acids is 1. The van der Waals surface area contributed by atoms with E-state index in [4.69, 9.17) is 4.43 Å². The predicted octanol–water partition coefficient (Wildman–Crippen LogP) is 6.80. The van der Waals surface area contributed by atoms with Gasteiger partial charge in [0.25, 0.3) is 14.3 Å². The topological polar surface area (TPSA) is 26.3 Å². The summed E-state index contributed by atoms with van der Waals surface area (Å²) < 4.78 is 6.29. The van der Waals surface area contributed by atoms with Gasteiger partial charge in [-0.2, -0.15) is 0 Å². The van der Waals surface area contributed by atoms with Gasteiger partial charge in [0.1, 0.15) is 0 Å². The largest absolute Gasteiger partial charge is 0.519 e. The molecule has 0 aromatic carbocycles. The smallest absolute Gasteiger partial charge is 0.292 e. The number of rotatable bonds is 13. The molecule has 0 aliphatic heterocycles. The molecule has 0 saturated heterocycles. The Bertz CT molecular complexity index is 279. The third-order valence-corrected chi connectivity index (χ3v) is 8.86. The first-order chi connectivity index (χ1) is 10.7. The van der Waals surface area contributed by atoms with E-state index in [-0.39, 0.29) is 5.97 Å². The summed E-state index contributed by atoms with van der Waals surface area (Å²) in [6.07, 6.45) is 6.22. The molecule has 0 aliphatic carbocycles. The van der Waals surface area contributed by atoms with Crippen LogP contribution in [0.25, 0.3) is 0 Å². The second kappa shape index (κ2) is 12.1. The molecule has 0 unspecified atom stereocenters. The zero-order chi connectivity index (χ0) is 17.9. The summed E-state index contributed by atoms with van der Waals surface area (Å²) >= 11 is 0. The summed E-state index contributed by atoms with van der Waals surface area (Å²) in [6.45, 7) is 15.8. The lowest BCUT2D eigenvalue weighted by Gasteiger charge is -2.33. The van der Waals surface area contributed by atoms with E-state index in [0.717, 1.165) is 31.0 Å². The Kier molecular flexibility index (Phi) is 11.9. The van der Waals surface area contributed by atoms with Crippen molar-refractivity contribution in [2.24, 2.45) is 17.8 Å². The summed E-state index contributed by atoms with van der Waals surface area (Å²) in [5.74, 6) is 2.15. The molecule has 0 amide bonds. The standard InChI is InChI=1S/C20H42O2Si/c1-8-9-10-20(21)22-23(14-11-17(2)3,15-12-18(4)5)16-13-19(6)7/h17-19H,8-16H2,1-7H3. The van der Waals surface area contributed by atoms with Crippen molar-refractivity contribution in [3.05, 3.63) is 0 Å². The van der Waals surface area contributed by atoms with Crippen LogP contribution in [-0.4, -0.2) is 14.3 Å². The number of carbonyl (C=O) groups is 1. The number of unbranched alkanes of at least 4 members (excludes halogenated alkanes) is 1. The molecule has 0 saturated carbocycles. The summed E-state index contributed by atoms with van der Waals surface area (Å²) in [7, 11) is -1.95. The molecular formula is C20H42O2Si. The molecule has 0 aliphatic rings. The van der Waals surface area contributed by atoms with E-state index >= 15 is 0 Å². The van der Waals surface area contributed by atoms with Crippen molar-refractivity contribution in [3.63, 3.8) is 0 Å². The molecule has 23 heavy (non-hydrogen) atoms. The Morgan fingerprint density at radius 3 is 1.52 bits per heavy atom. The highest BCUT2D eigenvalue weighted by Gasteiger charge is 2.37. The Morgan fingerprint density at radius 1 is 0.826 bits per heavy atom. The van der Waals surface area contributed by atoms with E-state index in [9.17, 15) is 4.79 Å². The van der Waals surface area contributed by atoms with Crippen molar-refractivity contribution >= 4 is 14.3 Å². The zero-order valence-corrected chi connectivity index (χ0v) is 17.9. The lowest BCUT2D eigenvalue weighted by molar-refractivity contribution is -0.135. The minimum Gasteiger partial charge on any atom is -0.519 e. The van der Waals surface area contributed by atoms with E-state index in [2.05, 4.69) is 48.5 Å². The van der Waals surface area contributed by atoms with Crippen molar-refractivity contribution in [3.8, 4) is 0 Å². The first-order valence-corrected chi connectivity index (χ1v) is 12.5. The maximum absolute atomic E-state index is 12.4. The van der Waals surface area contributed by atoms with Gasteiger partial charge >= 0.3 is 0 Å². The Balaban J connectivity index is 5.03. The summed E-state index contributed by atoms with van der Waals surface area (Å²) in [4.78, 5) is 12.4. The van der Waals surface area contributed by atoms with Crippen LogP contribution in [0.5, 0.6) is 0 Å². The van der Waals surface area contributed by atoms with Crippen LogP contribution in [0.2, 0.25) is 18.1 Å². The summed E-state index contributed by atoms with van der Waals surface area (Å²) in [5, 5.41) is 0. The summed E-state index contributed by atoms with van der Waals surface area (Å²) in [6, 6.07) is 3.46. The van der Waals surface area contributed by atoms with Gasteiger partial charge in [0.2, 0.25) is 0 Å². The molecule has 0 radical (unpaired) electrons. The number of hydrogen-bond donors (Lipinski definition) is 0. The lowest BCUT2D eigenvalue weighted by Crippen LogP contribution is -2.41. The average Bonchev–Trinajstić information content (AvgIpc) is 2.46. The van der Waals surface area contributed by atoms with Crippen LogP contribution in [0, 0.1) is 17.8 Å². The van der Waals surface area contributed by atoms with Crippen LogP contribution in [0.15, 0.2) is 0 Å². The van der Waals surface area contributed by atoms with Crippen molar-refractivity contribution < 1.29 is 9.22 Å². The molecule has 0 aromatic rings. The third kappa shape index (κ3) is 11.8. The molecule has 0 N–H and O–H groups in total. The van der Waals surface area contributed by atoms with Crippen molar-refractivity contribution in [2.45, 2.75) is 105 Å². The lowest BCUT2D eigenvalue weighted by atomic mass is 10.2. The van der Waals surface area contributed by atoms with Crippen LogP contribution < -0.4 is 0 Å². The highest BCUT2D eigenvalue weighted by molar-refractivity contribution is 6.75. The van der Waals surface area contributed by atoms with Crippen molar-refractivity contribution in [1.82, 2.24) is 0 Å². The fourth-order valence-electron chi connectivity index (χ4n) is 2.80. The van der Waals surface area contributed by atoms with Gasteiger partial charge < -0.3 is 4.43 Å². The van der Waals surface area contributed by atoms with Crippen LogP contribution in [0.3, 0.4) is 0 Å². The first kappa shape index (κ1) is 22.7. The van der Waals surface area contributed by atoms with Gasteiger partial charge in [-0.05, 0) is 42.3 Å². The van der Waals surface area contributed by atoms with Crippen LogP contribution in [-0.2, 0) is 9.22 Å². The van der Waals surface area contributed by atoms with E-state index in [1.54, 1.807) is 0 Å². The summed E-state index contributed by atoms with van der Waals surface area (Å²) in [5.41, 5.74) is 0. The monoisotopic (exact) mass is 342 g/mol. The molecular weight excluding hydrogens is 300 g/mol. The second-order valence-electron chi connectivity index (χ2n) is 8.56. The molecule has 3 heteroatoms.